The highest BCUT2D eigenvalue weighted by atomic mass is 127. The van der Waals surface area contributed by atoms with Gasteiger partial charge in [-0.3, -0.25) is 14.3 Å². The highest BCUT2D eigenvalue weighted by Gasteiger charge is 2.53. The third-order valence-corrected chi connectivity index (χ3v) is 12.5. The summed E-state index contributed by atoms with van der Waals surface area (Å²) in [6, 6.07) is 21.0. The Bertz CT molecular complexity index is 1200. The van der Waals surface area contributed by atoms with Gasteiger partial charge in [0.25, 0.3) is 13.9 Å². The van der Waals surface area contributed by atoms with Gasteiger partial charge in [-0.1, -0.05) is 104 Å². The smallest absolute Gasteiger partial charge is 0.330 e. The zero-order chi connectivity index (χ0) is 24.5. The molecule has 0 bridgehead atoms. The number of aromatic nitrogens is 2. The summed E-state index contributed by atoms with van der Waals surface area (Å²) < 4.78 is 15.9. The number of benzene rings is 2. The molecule has 2 aromatic carbocycles. The molecule has 1 fully saturated rings. The van der Waals surface area contributed by atoms with Crippen LogP contribution >= 0.6 is 22.6 Å². The zero-order valence-corrected chi connectivity index (χ0v) is 23.1. The van der Waals surface area contributed by atoms with E-state index in [-0.39, 0.29) is 22.8 Å². The van der Waals surface area contributed by atoms with Crippen LogP contribution in [-0.2, 0) is 9.16 Å². The Hall–Kier alpha value is -2.01. The van der Waals surface area contributed by atoms with E-state index < -0.39 is 20.2 Å². The minimum atomic E-state index is -2.76. The van der Waals surface area contributed by atoms with Gasteiger partial charge in [0.05, 0.1) is 12.2 Å². The molecule has 0 spiro atoms. The van der Waals surface area contributed by atoms with Gasteiger partial charge in [0, 0.05) is 22.6 Å². The molecule has 8 heteroatoms. The van der Waals surface area contributed by atoms with Crippen molar-refractivity contribution in [2.24, 2.45) is 0 Å². The van der Waals surface area contributed by atoms with E-state index in [0.717, 1.165) is 4.43 Å². The van der Waals surface area contributed by atoms with Crippen molar-refractivity contribution in [1.29, 1.82) is 0 Å². The molecular weight excluding hydrogens is 559 g/mol. The molecule has 0 unspecified atom stereocenters. The number of aromatic amines is 1. The fraction of sp³-hybridized carbons (Fsp3) is 0.385. The van der Waals surface area contributed by atoms with Gasteiger partial charge >= 0.3 is 5.69 Å². The molecule has 1 aromatic heterocycles. The van der Waals surface area contributed by atoms with E-state index in [2.05, 4.69) is 96.9 Å². The summed E-state index contributed by atoms with van der Waals surface area (Å²) in [6.07, 6.45) is 1.25. The Morgan fingerprint density at radius 1 is 1.06 bits per heavy atom. The number of nitrogens with zero attached hydrogens (tertiary/aromatic N) is 1. The molecule has 0 saturated carbocycles. The lowest BCUT2D eigenvalue weighted by Gasteiger charge is -2.45. The van der Waals surface area contributed by atoms with Crippen LogP contribution in [0.2, 0.25) is 5.04 Å². The number of nitrogens with one attached hydrogen (secondary N) is 1. The summed E-state index contributed by atoms with van der Waals surface area (Å²) >= 11 is 2.32. The second-order valence-corrected chi connectivity index (χ2v) is 15.0. The highest BCUT2D eigenvalue weighted by molar-refractivity contribution is 14.1. The number of alkyl halides is 1. The third-order valence-electron chi connectivity index (χ3n) is 6.53. The molecule has 180 valence electrons. The van der Waals surface area contributed by atoms with Gasteiger partial charge in [-0.15, -0.1) is 0 Å². The second kappa shape index (κ2) is 9.92. The van der Waals surface area contributed by atoms with Crippen molar-refractivity contribution < 1.29 is 9.16 Å². The van der Waals surface area contributed by atoms with Crippen molar-refractivity contribution >= 4 is 41.3 Å². The number of hydrogen-bond donors (Lipinski definition) is 1. The van der Waals surface area contributed by atoms with Gasteiger partial charge in [-0.05, 0) is 22.3 Å². The molecule has 0 amide bonds. The predicted molar refractivity (Wildman–Crippen MR) is 146 cm³/mol. The Morgan fingerprint density at radius 2 is 1.62 bits per heavy atom. The molecule has 6 nitrogen and oxygen atoms in total. The van der Waals surface area contributed by atoms with Crippen molar-refractivity contribution in [2.75, 3.05) is 4.43 Å². The summed E-state index contributed by atoms with van der Waals surface area (Å²) in [4.78, 5) is 26.8. The largest absolute Gasteiger partial charge is 0.402 e. The number of halogens is 1. The maximum Gasteiger partial charge on any atom is 0.330 e. The summed E-state index contributed by atoms with van der Waals surface area (Å²) in [6.45, 7) is 8.44. The van der Waals surface area contributed by atoms with Crippen LogP contribution in [0.5, 0.6) is 0 Å². The van der Waals surface area contributed by atoms with Crippen LogP contribution in [0.25, 0.3) is 0 Å². The van der Waals surface area contributed by atoms with Gasteiger partial charge in [-0.25, -0.2) is 4.79 Å². The average molecular weight is 591 g/mol. The molecular formula is C26H31IN2O4Si. The van der Waals surface area contributed by atoms with Crippen molar-refractivity contribution in [2.45, 2.75) is 57.6 Å². The van der Waals surface area contributed by atoms with Gasteiger partial charge in [0.15, 0.2) is 0 Å². The first-order valence-electron chi connectivity index (χ1n) is 11.5. The third kappa shape index (κ3) is 4.60. The maximum atomic E-state index is 12.6. The monoisotopic (exact) mass is 590 g/mol. The van der Waals surface area contributed by atoms with Gasteiger partial charge in [0.2, 0.25) is 0 Å². The normalized spacial score (nSPS) is 21.0. The quantitative estimate of drug-likeness (QED) is 0.271. The lowest BCUT2D eigenvalue weighted by atomic mass is 10.2. The van der Waals surface area contributed by atoms with E-state index in [1.165, 1.54) is 14.9 Å². The number of rotatable bonds is 6. The lowest BCUT2D eigenvalue weighted by molar-refractivity contribution is -0.00392. The Labute approximate surface area is 214 Å². The van der Waals surface area contributed by atoms with Crippen molar-refractivity contribution in [3.63, 3.8) is 0 Å². The number of aryl methyl sites for hydroxylation is 1. The number of H-pyrrole nitrogens is 1. The van der Waals surface area contributed by atoms with Crippen LogP contribution in [0.4, 0.5) is 0 Å². The van der Waals surface area contributed by atoms with Crippen molar-refractivity contribution in [1.82, 2.24) is 9.55 Å². The second-order valence-electron chi connectivity index (χ2n) is 9.82. The fourth-order valence-corrected chi connectivity index (χ4v) is 10.3. The highest BCUT2D eigenvalue weighted by Crippen LogP contribution is 2.41. The molecule has 4 rings (SSSR count). The van der Waals surface area contributed by atoms with Crippen molar-refractivity contribution in [3.8, 4) is 0 Å². The molecule has 1 N–H and O–H groups in total. The fourth-order valence-electron chi connectivity index (χ4n) is 4.85. The van der Waals surface area contributed by atoms with Gasteiger partial charge in [-0.2, -0.15) is 0 Å². The van der Waals surface area contributed by atoms with E-state index in [1.54, 1.807) is 13.1 Å². The number of ether oxygens (including phenoxy) is 1. The SMILES string of the molecule is Cc1cn([C@H]2C[C@H](O[Si](c3ccccc3)(c3ccccc3)C(C)(C)C)[C@@H](CI)O2)c(=O)[nH]c1=O. The van der Waals surface area contributed by atoms with Gasteiger partial charge in [0.1, 0.15) is 6.23 Å². The van der Waals surface area contributed by atoms with E-state index in [9.17, 15) is 9.59 Å². The predicted octanol–water partition coefficient (Wildman–Crippen LogP) is 3.51. The van der Waals surface area contributed by atoms with Crippen LogP contribution < -0.4 is 21.6 Å². The van der Waals surface area contributed by atoms with Crippen LogP contribution in [0, 0.1) is 6.92 Å². The topological polar surface area (TPSA) is 73.3 Å². The number of hydrogen-bond acceptors (Lipinski definition) is 4. The first kappa shape index (κ1) is 25.1. The molecule has 0 radical (unpaired) electrons. The van der Waals surface area contributed by atoms with Crippen LogP contribution in [0.1, 0.15) is 39.0 Å². The van der Waals surface area contributed by atoms with Crippen LogP contribution in [0.3, 0.4) is 0 Å². The van der Waals surface area contributed by atoms with Crippen molar-refractivity contribution in [3.05, 3.63) is 93.3 Å². The summed E-state index contributed by atoms with van der Waals surface area (Å²) in [7, 11) is -2.76. The van der Waals surface area contributed by atoms with E-state index in [1.807, 2.05) is 12.1 Å². The average Bonchev–Trinajstić information content (AvgIpc) is 3.22. The lowest BCUT2D eigenvalue weighted by Crippen LogP contribution is -2.68. The summed E-state index contributed by atoms with van der Waals surface area (Å²) in [5.41, 5.74) is -0.353. The standard InChI is InChI=1S/C26H31IN2O4Si/c1-18-17-29(25(31)28-24(18)30)23-15-21(22(16-27)32-23)33-34(26(2,3)4,19-11-7-5-8-12-19)20-13-9-6-10-14-20/h5-14,17,21-23H,15-16H2,1-4H3,(H,28,30,31)/t21-,22+,23+/m0/s1. The minimum Gasteiger partial charge on any atom is -0.402 e. The molecule has 3 aromatic rings. The molecule has 34 heavy (non-hydrogen) atoms. The zero-order valence-electron chi connectivity index (χ0n) is 20.0. The first-order valence-corrected chi connectivity index (χ1v) is 14.9. The minimum absolute atomic E-state index is 0.158. The molecule has 1 aliphatic heterocycles. The summed E-state index contributed by atoms with van der Waals surface area (Å²) in [5, 5.41) is 2.26. The van der Waals surface area contributed by atoms with E-state index in [4.69, 9.17) is 9.16 Å². The molecule has 3 atom stereocenters. The Balaban J connectivity index is 1.79. The molecule has 0 aliphatic carbocycles. The molecule has 1 saturated heterocycles. The Kier molecular flexibility index (Phi) is 7.32. The van der Waals surface area contributed by atoms with Crippen LogP contribution in [-0.4, -0.2) is 34.5 Å². The van der Waals surface area contributed by atoms with Crippen LogP contribution in [0.15, 0.2) is 76.4 Å². The molecule has 1 aliphatic rings. The maximum absolute atomic E-state index is 12.6. The first-order chi connectivity index (χ1) is 16.2. The van der Waals surface area contributed by atoms with E-state index >= 15 is 0 Å². The summed E-state index contributed by atoms with van der Waals surface area (Å²) in [5.74, 6) is 0. The Morgan fingerprint density at radius 3 is 2.12 bits per heavy atom. The van der Waals surface area contributed by atoms with E-state index in [0.29, 0.717) is 12.0 Å². The molecule has 2 heterocycles. The van der Waals surface area contributed by atoms with Gasteiger partial charge < -0.3 is 9.16 Å².